The first-order chi connectivity index (χ1) is 13.8. The van der Waals surface area contributed by atoms with Gasteiger partial charge in [0, 0.05) is 28.7 Å². The van der Waals surface area contributed by atoms with Crippen molar-refractivity contribution in [1.29, 1.82) is 0 Å². The summed E-state index contributed by atoms with van der Waals surface area (Å²) in [5.74, 6) is -0.840. The van der Waals surface area contributed by atoms with Gasteiger partial charge in [-0.05, 0) is 42.3 Å². The fraction of sp³-hybridized carbons (Fsp3) is 0.0952. The van der Waals surface area contributed by atoms with E-state index >= 15 is 0 Å². The van der Waals surface area contributed by atoms with E-state index in [2.05, 4.69) is 5.32 Å². The minimum Gasteiger partial charge on any atom is -0.508 e. The Morgan fingerprint density at radius 2 is 1.45 bits per heavy atom. The molecule has 6 nitrogen and oxygen atoms in total. The third-order valence-electron chi connectivity index (χ3n) is 4.00. The first-order valence-electron chi connectivity index (χ1n) is 8.58. The Bertz CT molecular complexity index is 994. The number of benzene rings is 3. The van der Waals surface area contributed by atoms with Crippen LogP contribution in [0.3, 0.4) is 0 Å². The smallest absolute Gasteiger partial charge is 0.258 e. The molecule has 0 fully saturated rings. The van der Waals surface area contributed by atoms with E-state index < -0.39 is 17.4 Å². The largest absolute Gasteiger partial charge is 0.508 e. The summed E-state index contributed by atoms with van der Waals surface area (Å²) < 4.78 is 5.72. The van der Waals surface area contributed by atoms with Crippen molar-refractivity contribution >= 4 is 29.1 Å². The molecule has 0 saturated heterocycles. The summed E-state index contributed by atoms with van der Waals surface area (Å²) >= 11 is 11.9. The number of amides is 1. The van der Waals surface area contributed by atoms with Crippen molar-refractivity contribution in [2.75, 3.05) is 6.54 Å². The quantitative estimate of drug-likeness (QED) is 0.444. The molecule has 0 unspecified atom stereocenters. The number of rotatable bonds is 6. The molecular formula is C21H17Cl2NO5. The van der Waals surface area contributed by atoms with Gasteiger partial charge in [-0.15, -0.1) is 0 Å². The van der Waals surface area contributed by atoms with Crippen molar-refractivity contribution < 1.29 is 24.9 Å². The molecule has 0 heterocycles. The lowest BCUT2D eigenvalue weighted by Crippen LogP contribution is -2.25. The first kappa shape index (κ1) is 20.6. The van der Waals surface area contributed by atoms with Gasteiger partial charge in [-0.2, -0.15) is 0 Å². The van der Waals surface area contributed by atoms with Crippen molar-refractivity contribution in [1.82, 2.24) is 5.32 Å². The molecule has 0 spiro atoms. The number of hydrogen-bond donors (Lipinski definition) is 4. The summed E-state index contributed by atoms with van der Waals surface area (Å²) in [5.41, 5.74) is 0.660. The molecule has 0 atom stereocenters. The molecular weight excluding hydrogens is 417 g/mol. The van der Waals surface area contributed by atoms with Crippen LogP contribution in [0.5, 0.6) is 28.7 Å². The highest BCUT2D eigenvalue weighted by Gasteiger charge is 2.17. The van der Waals surface area contributed by atoms with Gasteiger partial charge in [-0.1, -0.05) is 35.3 Å². The second kappa shape index (κ2) is 8.94. The maximum atomic E-state index is 12.1. The third kappa shape index (κ3) is 5.47. The average Bonchev–Trinajstić information content (AvgIpc) is 2.61. The van der Waals surface area contributed by atoms with Crippen molar-refractivity contribution in [3.63, 3.8) is 0 Å². The first-order valence-corrected chi connectivity index (χ1v) is 9.33. The molecule has 150 valence electrons. The second-order valence-corrected chi connectivity index (χ2v) is 7.09. The lowest BCUT2D eigenvalue weighted by Gasteiger charge is -2.10. The molecule has 4 N–H and O–H groups in total. The fourth-order valence-corrected chi connectivity index (χ4v) is 3.19. The zero-order chi connectivity index (χ0) is 21.0. The van der Waals surface area contributed by atoms with Crippen LogP contribution in [0.1, 0.15) is 15.9 Å². The molecule has 0 aliphatic carbocycles. The van der Waals surface area contributed by atoms with Gasteiger partial charge in [0.25, 0.3) is 5.91 Å². The number of nitrogens with one attached hydrogen (secondary N) is 1. The van der Waals surface area contributed by atoms with Crippen molar-refractivity contribution in [2.45, 2.75) is 6.42 Å². The lowest BCUT2D eigenvalue weighted by atomic mass is 10.1. The second-order valence-electron chi connectivity index (χ2n) is 6.22. The van der Waals surface area contributed by atoms with E-state index in [1.165, 1.54) is 0 Å². The SMILES string of the molecule is O=C(NCCc1ccc(Oc2cc(Cl)cc(Cl)c2)cc1)c1c(O)cc(O)cc1O. The van der Waals surface area contributed by atoms with Crippen molar-refractivity contribution in [3.8, 4) is 28.7 Å². The zero-order valence-corrected chi connectivity index (χ0v) is 16.5. The number of phenols is 3. The van der Waals surface area contributed by atoms with E-state index in [1.807, 2.05) is 12.1 Å². The van der Waals surface area contributed by atoms with Crippen LogP contribution in [0.25, 0.3) is 0 Å². The van der Waals surface area contributed by atoms with Gasteiger partial charge < -0.3 is 25.4 Å². The molecule has 0 bridgehead atoms. The molecule has 0 aromatic heterocycles. The van der Waals surface area contributed by atoms with Crippen LogP contribution in [-0.2, 0) is 6.42 Å². The number of ether oxygens (including phenoxy) is 1. The van der Waals surface area contributed by atoms with E-state index in [4.69, 9.17) is 27.9 Å². The Labute approximate surface area is 176 Å². The normalized spacial score (nSPS) is 10.6. The highest BCUT2D eigenvalue weighted by molar-refractivity contribution is 6.34. The standard InChI is InChI=1S/C21H17Cl2NO5/c22-13-7-14(23)9-17(8-13)29-16-3-1-12(2-4-16)5-6-24-21(28)20-18(26)10-15(25)11-19(20)27/h1-4,7-11,25-27H,5-6H2,(H,24,28). The molecule has 0 aliphatic heterocycles. The van der Waals surface area contributed by atoms with E-state index in [1.54, 1.807) is 30.3 Å². The highest BCUT2D eigenvalue weighted by Crippen LogP contribution is 2.32. The van der Waals surface area contributed by atoms with E-state index in [0.717, 1.165) is 17.7 Å². The Hall–Kier alpha value is -3.09. The lowest BCUT2D eigenvalue weighted by molar-refractivity contribution is 0.0948. The van der Waals surface area contributed by atoms with Crippen LogP contribution in [0, 0.1) is 0 Å². The predicted molar refractivity (Wildman–Crippen MR) is 110 cm³/mol. The molecule has 29 heavy (non-hydrogen) atoms. The highest BCUT2D eigenvalue weighted by atomic mass is 35.5. The molecule has 0 radical (unpaired) electrons. The van der Waals surface area contributed by atoms with Crippen molar-refractivity contribution in [2.24, 2.45) is 0 Å². The van der Waals surface area contributed by atoms with Crippen LogP contribution < -0.4 is 10.1 Å². The van der Waals surface area contributed by atoms with Crippen molar-refractivity contribution in [3.05, 3.63) is 75.8 Å². The van der Waals surface area contributed by atoms with Crippen LogP contribution >= 0.6 is 23.2 Å². The number of hydrogen-bond acceptors (Lipinski definition) is 5. The Morgan fingerprint density at radius 3 is 2.03 bits per heavy atom. The number of carbonyl (C=O) groups excluding carboxylic acids is 1. The molecule has 3 aromatic carbocycles. The molecule has 3 aromatic rings. The van der Waals surface area contributed by atoms with Gasteiger partial charge in [-0.25, -0.2) is 0 Å². The minimum absolute atomic E-state index is 0.280. The van der Waals surface area contributed by atoms with Gasteiger partial charge in [-0.3, -0.25) is 4.79 Å². The Balaban J connectivity index is 1.56. The molecule has 1 amide bonds. The average molecular weight is 434 g/mol. The molecule has 0 aliphatic rings. The van der Waals surface area contributed by atoms with Gasteiger partial charge in [0.2, 0.25) is 0 Å². The van der Waals surface area contributed by atoms with Crippen LogP contribution in [0.15, 0.2) is 54.6 Å². The molecule has 8 heteroatoms. The van der Waals surface area contributed by atoms with Crippen LogP contribution in [0.4, 0.5) is 0 Å². The fourth-order valence-electron chi connectivity index (χ4n) is 2.69. The van der Waals surface area contributed by atoms with E-state index in [-0.39, 0.29) is 17.9 Å². The van der Waals surface area contributed by atoms with Gasteiger partial charge in [0.1, 0.15) is 34.3 Å². The summed E-state index contributed by atoms with van der Waals surface area (Å²) in [6.45, 7) is 0.280. The molecule has 3 rings (SSSR count). The van der Waals surface area contributed by atoms with Crippen LogP contribution in [0.2, 0.25) is 10.0 Å². The Kier molecular flexibility index (Phi) is 6.36. The topological polar surface area (TPSA) is 99.0 Å². The predicted octanol–water partition coefficient (Wildman–Crippen LogP) is 4.88. The summed E-state index contributed by atoms with van der Waals surface area (Å²) in [4.78, 5) is 12.1. The van der Waals surface area contributed by atoms with Gasteiger partial charge in [0.05, 0.1) is 0 Å². The zero-order valence-electron chi connectivity index (χ0n) is 15.0. The van der Waals surface area contributed by atoms with Crippen LogP contribution in [-0.4, -0.2) is 27.8 Å². The maximum Gasteiger partial charge on any atom is 0.258 e. The van der Waals surface area contributed by atoms with Gasteiger partial charge in [0.15, 0.2) is 0 Å². The number of aromatic hydroxyl groups is 3. The number of carbonyl (C=O) groups is 1. The van der Waals surface area contributed by atoms with Gasteiger partial charge >= 0.3 is 0 Å². The maximum absolute atomic E-state index is 12.1. The number of phenolic OH excluding ortho intramolecular Hbond substituents is 3. The summed E-state index contributed by atoms with van der Waals surface area (Å²) in [7, 11) is 0. The van der Waals surface area contributed by atoms with E-state index in [0.29, 0.717) is 28.0 Å². The summed E-state index contributed by atoms with van der Waals surface area (Å²) in [6.07, 6.45) is 0.522. The monoisotopic (exact) mass is 433 g/mol. The minimum atomic E-state index is -0.641. The Morgan fingerprint density at radius 1 is 0.862 bits per heavy atom. The number of halogens is 2. The summed E-state index contributed by atoms with van der Waals surface area (Å²) in [5, 5.41) is 32.3. The molecule has 0 saturated carbocycles. The summed E-state index contributed by atoms with van der Waals surface area (Å²) in [6, 6.07) is 14.2. The third-order valence-corrected chi connectivity index (χ3v) is 4.44. The van der Waals surface area contributed by atoms with E-state index in [9.17, 15) is 20.1 Å².